The molecule has 0 unspecified atom stereocenters. The minimum absolute atomic E-state index is 0.250. The predicted molar refractivity (Wildman–Crippen MR) is 41.2 cm³/mol. The summed E-state index contributed by atoms with van der Waals surface area (Å²) in [6.07, 6.45) is 0. The maximum atomic E-state index is 8.36. The molecule has 1 N–H and O–H groups in total. The van der Waals surface area contributed by atoms with Crippen LogP contribution in [-0.4, -0.2) is 43.9 Å². The third-order valence-corrected chi connectivity index (χ3v) is 2.42. The topological polar surface area (TPSA) is 50.2 Å². The van der Waals surface area contributed by atoms with Crippen LogP contribution in [0.5, 0.6) is 0 Å². The van der Waals surface area contributed by atoms with Gasteiger partial charge in [0.25, 0.3) is 6.47 Å². The number of rotatable bonds is 0. The van der Waals surface area contributed by atoms with Crippen molar-refractivity contribution in [3.05, 3.63) is 11.2 Å². The summed E-state index contributed by atoms with van der Waals surface area (Å²) in [6.45, 7) is -0.250. The molecule has 0 atom stereocenters. The predicted octanol–water partition coefficient (Wildman–Crippen LogP) is 0.291. The van der Waals surface area contributed by atoms with Gasteiger partial charge in [-0.15, -0.1) is 0 Å². The van der Waals surface area contributed by atoms with Crippen molar-refractivity contribution in [2.75, 3.05) is 0 Å². The summed E-state index contributed by atoms with van der Waals surface area (Å²) >= 11 is 8.03. The molecule has 0 aliphatic rings. The number of hydrogen-bond donors (Lipinski definition) is 1. The molecule has 0 fully saturated rings. The number of nitrogens with zero attached hydrogens (tertiary/aromatic N) is 1. The van der Waals surface area contributed by atoms with Crippen molar-refractivity contribution in [2.24, 2.45) is 0 Å². The van der Waals surface area contributed by atoms with Gasteiger partial charge in [0.1, 0.15) is 0 Å². The molecular formula is C4H3ClNNaO2S. The summed E-state index contributed by atoms with van der Waals surface area (Å²) < 4.78 is 5.15. The van der Waals surface area contributed by atoms with Crippen LogP contribution in [0.4, 0.5) is 0 Å². The van der Waals surface area contributed by atoms with Crippen molar-refractivity contribution < 1.29 is 9.90 Å². The molecule has 0 saturated carbocycles. The Morgan fingerprint density at radius 2 is 2.40 bits per heavy atom. The quantitative estimate of drug-likeness (QED) is 0.469. The van der Waals surface area contributed by atoms with Gasteiger partial charge in [0, 0.05) is 0 Å². The molecule has 0 spiro atoms. The van der Waals surface area contributed by atoms with Crippen LogP contribution in [0.2, 0.25) is 5.15 Å². The van der Waals surface area contributed by atoms with Crippen LogP contribution in [0.15, 0.2) is 6.07 Å². The number of carboxylic acid groups (broad SMARTS) is 1. The Labute approximate surface area is 84.6 Å². The van der Waals surface area contributed by atoms with Gasteiger partial charge >= 0.3 is 68.8 Å². The molecule has 0 radical (unpaired) electrons. The first kappa shape index (κ1) is 10.4. The fourth-order valence-electron chi connectivity index (χ4n) is 0.336. The standard InChI is InChI=1S/C3HClNS.CH2O2.Na/c4-3-1-2-6-5-3;2-1-3;/h1H;1H,(H,2,3);. The van der Waals surface area contributed by atoms with Gasteiger partial charge < -0.3 is 5.11 Å². The molecular weight excluding hydrogens is 185 g/mol. The Kier molecular flexibility index (Phi) is 6.36. The minimum atomic E-state index is -0.250. The Hall–Kier alpha value is 0.390. The monoisotopic (exact) mass is 187 g/mol. The van der Waals surface area contributed by atoms with E-state index in [1.807, 2.05) is 6.07 Å². The van der Waals surface area contributed by atoms with E-state index in [1.165, 1.54) is 13.7 Å². The molecule has 0 bridgehead atoms. The summed E-state index contributed by atoms with van der Waals surface area (Å²) in [7, 11) is 0. The maximum absolute atomic E-state index is 8.36. The van der Waals surface area contributed by atoms with Gasteiger partial charge in [0.05, 0.1) is 0 Å². The molecule has 0 saturated heterocycles. The SMILES string of the molecule is O=CO.[Na][c]1cc(Cl)ns1. The van der Waals surface area contributed by atoms with E-state index in [1.54, 1.807) is 0 Å². The van der Waals surface area contributed by atoms with E-state index in [0.717, 1.165) is 27.9 Å². The van der Waals surface area contributed by atoms with Crippen LogP contribution < -0.4 is 2.13 Å². The van der Waals surface area contributed by atoms with Crippen molar-refractivity contribution in [2.45, 2.75) is 0 Å². The van der Waals surface area contributed by atoms with E-state index in [0.29, 0.717) is 5.15 Å². The first-order valence-corrected chi connectivity index (χ1v) is 4.52. The van der Waals surface area contributed by atoms with Gasteiger partial charge in [-0.25, -0.2) is 0 Å². The summed E-state index contributed by atoms with van der Waals surface area (Å²) in [5, 5.41) is 7.52. The van der Waals surface area contributed by atoms with Crippen LogP contribution in [0.25, 0.3) is 0 Å². The molecule has 3 nitrogen and oxygen atoms in total. The van der Waals surface area contributed by atoms with Gasteiger partial charge in [-0.3, -0.25) is 4.79 Å². The van der Waals surface area contributed by atoms with Crippen LogP contribution >= 0.6 is 23.1 Å². The first-order chi connectivity index (χ1) is 4.70. The molecule has 0 aromatic carbocycles. The number of hydrogen-bond acceptors (Lipinski definition) is 3. The molecule has 0 aliphatic heterocycles. The van der Waals surface area contributed by atoms with Gasteiger partial charge in [-0.2, -0.15) is 0 Å². The van der Waals surface area contributed by atoms with E-state index in [9.17, 15) is 0 Å². The Morgan fingerprint density at radius 3 is 2.50 bits per heavy atom. The van der Waals surface area contributed by atoms with E-state index in [-0.39, 0.29) is 6.47 Å². The van der Waals surface area contributed by atoms with Crippen molar-refractivity contribution >= 4 is 59.7 Å². The third kappa shape index (κ3) is 5.20. The first-order valence-electron chi connectivity index (χ1n) is 2.37. The molecule has 1 heterocycles. The second kappa shape index (κ2) is 6.12. The average molecular weight is 188 g/mol. The Bertz CT molecular complexity index is 188. The molecule has 0 aliphatic carbocycles. The number of aromatic nitrogens is 1. The Balaban J connectivity index is 0.000000236. The van der Waals surface area contributed by atoms with Crippen molar-refractivity contribution in [3.63, 3.8) is 0 Å². The zero-order valence-corrected chi connectivity index (χ0v) is 8.82. The third-order valence-electron chi connectivity index (χ3n) is 0.599. The van der Waals surface area contributed by atoms with Crippen LogP contribution in [0, 0.1) is 0 Å². The molecule has 50 valence electrons. The molecule has 6 heteroatoms. The second-order valence-electron chi connectivity index (χ2n) is 1.37. The summed E-state index contributed by atoms with van der Waals surface area (Å²) in [5.41, 5.74) is 0. The van der Waals surface area contributed by atoms with E-state index in [4.69, 9.17) is 21.5 Å². The van der Waals surface area contributed by atoms with Crippen LogP contribution in [0.3, 0.4) is 0 Å². The fourth-order valence-corrected chi connectivity index (χ4v) is 1.85. The average Bonchev–Trinajstić information content (AvgIpc) is 2.17. The second-order valence-corrected chi connectivity index (χ2v) is 4.56. The zero-order chi connectivity index (χ0) is 7.98. The van der Waals surface area contributed by atoms with Crippen LogP contribution in [-0.2, 0) is 4.79 Å². The van der Waals surface area contributed by atoms with E-state index < -0.39 is 0 Å². The number of halogens is 1. The zero-order valence-electron chi connectivity index (χ0n) is 5.24. The normalized spacial score (nSPS) is 7.90. The van der Waals surface area contributed by atoms with Crippen molar-refractivity contribution in [3.8, 4) is 0 Å². The molecule has 0 amide bonds. The summed E-state index contributed by atoms with van der Waals surface area (Å²) in [5.74, 6) is 0. The molecule has 1 aromatic heterocycles. The number of carbonyl (C=O) groups is 1. The molecule has 1 aromatic rings. The van der Waals surface area contributed by atoms with Gasteiger partial charge in [0.2, 0.25) is 0 Å². The van der Waals surface area contributed by atoms with Crippen molar-refractivity contribution in [1.29, 1.82) is 0 Å². The van der Waals surface area contributed by atoms with Crippen LogP contribution in [0.1, 0.15) is 0 Å². The van der Waals surface area contributed by atoms with Gasteiger partial charge in [-0.05, 0) is 0 Å². The van der Waals surface area contributed by atoms with E-state index in [2.05, 4.69) is 4.37 Å². The fraction of sp³-hybridized carbons (Fsp3) is 0. The molecule has 1 rings (SSSR count). The van der Waals surface area contributed by atoms with Gasteiger partial charge in [0.15, 0.2) is 0 Å². The van der Waals surface area contributed by atoms with E-state index >= 15 is 0 Å². The Morgan fingerprint density at radius 1 is 1.90 bits per heavy atom. The summed E-state index contributed by atoms with van der Waals surface area (Å²) in [4.78, 5) is 8.36. The van der Waals surface area contributed by atoms with Crippen molar-refractivity contribution in [1.82, 2.24) is 4.37 Å². The molecule has 10 heavy (non-hydrogen) atoms. The van der Waals surface area contributed by atoms with Gasteiger partial charge in [-0.1, -0.05) is 0 Å². The summed E-state index contributed by atoms with van der Waals surface area (Å²) in [6, 6.07) is 1.90.